The minimum absolute atomic E-state index is 0.00524. The summed E-state index contributed by atoms with van der Waals surface area (Å²) in [6.07, 6.45) is 4.01. The number of hydrogen-bond donors (Lipinski definition) is 1. The van der Waals surface area contributed by atoms with Crippen LogP contribution in [0.25, 0.3) is 5.76 Å². The number of rotatable bonds is 8. The average Bonchev–Trinajstić information content (AvgIpc) is 3.13. The number of benzene rings is 2. The summed E-state index contributed by atoms with van der Waals surface area (Å²) < 4.78 is 11.3. The maximum absolute atomic E-state index is 13.3. The first-order valence-corrected chi connectivity index (χ1v) is 11.2. The number of aliphatic hydroxyl groups excluding tert-OH is 1. The summed E-state index contributed by atoms with van der Waals surface area (Å²) >= 11 is 0. The Morgan fingerprint density at radius 3 is 2.38 bits per heavy atom. The fourth-order valence-electron chi connectivity index (χ4n) is 3.96. The van der Waals surface area contributed by atoms with Crippen LogP contribution in [0.5, 0.6) is 11.5 Å². The number of anilines is 1. The van der Waals surface area contributed by atoms with Gasteiger partial charge in [0.1, 0.15) is 17.3 Å². The molecule has 34 heavy (non-hydrogen) atoms. The van der Waals surface area contributed by atoms with E-state index in [1.807, 2.05) is 13.8 Å². The van der Waals surface area contributed by atoms with Crippen LogP contribution >= 0.6 is 0 Å². The lowest BCUT2D eigenvalue weighted by Crippen LogP contribution is -2.29. The first-order valence-electron chi connectivity index (χ1n) is 11.2. The third kappa shape index (κ3) is 4.50. The van der Waals surface area contributed by atoms with Gasteiger partial charge in [0, 0.05) is 29.7 Å². The molecule has 2 aromatic carbocycles. The van der Waals surface area contributed by atoms with Crippen molar-refractivity contribution >= 4 is 23.1 Å². The lowest BCUT2D eigenvalue weighted by molar-refractivity contribution is -0.132. The molecule has 1 aromatic heterocycles. The van der Waals surface area contributed by atoms with Crippen LogP contribution in [0.3, 0.4) is 0 Å². The summed E-state index contributed by atoms with van der Waals surface area (Å²) in [5.41, 5.74) is 1.55. The highest BCUT2D eigenvalue weighted by Crippen LogP contribution is 2.42. The van der Waals surface area contributed by atoms with Gasteiger partial charge in [0.05, 0.1) is 24.8 Å². The number of aliphatic hydroxyl groups is 1. The van der Waals surface area contributed by atoms with Crippen LogP contribution in [0.1, 0.15) is 37.4 Å². The van der Waals surface area contributed by atoms with E-state index in [0.717, 1.165) is 6.42 Å². The smallest absolute Gasteiger partial charge is 0.300 e. The Morgan fingerprint density at radius 2 is 1.68 bits per heavy atom. The lowest BCUT2D eigenvalue weighted by atomic mass is 9.95. The predicted octanol–water partition coefficient (Wildman–Crippen LogP) is 4.90. The van der Waals surface area contributed by atoms with Gasteiger partial charge >= 0.3 is 0 Å². The molecule has 174 valence electrons. The van der Waals surface area contributed by atoms with Crippen LogP contribution in [-0.4, -0.2) is 35.0 Å². The quantitative estimate of drug-likeness (QED) is 0.294. The maximum atomic E-state index is 13.3. The average molecular weight is 459 g/mol. The minimum Gasteiger partial charge on any atom is -0.507 e. The molecule has 0 radical (unpaired) electrons. The van der Waals surface area contributed by atoms with Gasteiger partial charge < -0.3 is 14.6 Å². The number of ether oxygens (including phenoxy) is 2. The molecule has 1 N–H and O–H groups in total. The van der Waals surface area contributed by atoms with Gasteiger partial charge in [0.25, 0.3) is 11.7 Å². The lowest BCUT2D eigenvalue weighted by Gasteiger charge is -2.25. The SMILES string of the molecule is CCCOc1cccc(/C(O)=C2\C(=O)C(=O)N(c3cccc(OCC)c3)C2c2ccncc2)c1. The molecule has 0 aliphatic carbocycles. The zero-order valence-corrected chi connectivity index (χ0v) is 19.1. The van der Waals surface area contributed by atoms with Crippen LogP contribution < -0.4 is 14.4 Å². The molecule has 3 aromatic rings. The first kappa shape index (κ1) is 23.0. The molecule has 1 atom stereocenters. The molecule has 1 aliphatic heterocycles. The number of carbonyl (C=O) groups excluding carboxylic acids is 2. The Hall–Kier alpha value is -4.13. The number of Topliss-reactive ketones (excluding diaryl/α,β-unsaturated/α-hetero) is 1. The van der Waals surface area contributed by atoms with Crippen LogP contribution in [0.15, 0.2) is 78.6 Å². The summed E-state index contributed by atoms with van der Waals surface area (Å²) in [5.74, 6) is -0.594. The normalized spacial score (nSPS) is 17.1. The van der Waals surface area contributed by atoms with Crippen molar-refractivity contribution < 1.29 is 24.2 Å². The number of hydrogen-bond acceptors (Lipinski definition) is 6. The summed E-state index contributed by atoms with van der Waals surface area (Å²) in [6.45, 7) is 4.86. The molecule has 1 fully saturated rings. The van der Waals surface area contributed by atoms with E-state index in [1.54, 1.807) is 73.1 Å². The standard InChI is InChI=1S/C27H26N2O5/c1-3-15-34-21-9-5-7-19(16-21)25(30)23-24(18-11-13-28-14-12-18)29(27(32)26(23)31)20-8-6-10-22(17-20)33-4-2/h5-14,16-17,24,30H,3-4,15H2,1-2H3/b25-23+. The van der Waals surface area contributed by atoms with Crippen molar-refractivity contribution in [2.45, 2.75) is 26.3 Å². The van der Waals surface area contributed by atoms with Crippen molar-refractivity contribution in [1.82, 2.24) is 4.98 Å². The molecule has 0 bridgehead atoms. The highest BCUT2D eigenvalue weighted by molar-refractivity contribution is 6.51. The van der Waals surface area contributed by atoms with Crippen LogP contribution in [0, 0.1) is 0 Å². The van der Waals surface area contributed by atoms with E-state index in [4.69, 9.17) is 9.47 Å². The van der Waals surface area contributed by atoms with E-state index in [-0.39, 0.29) is 11.3 Å². The topological polar surface area (TPSA) is 89.0 Å². The van der Waals surface area contributed by atoms with Crippen molar-refractivity contribution in [3.63, 3.8) is 0 Å². The molecule has 0 spiro atoms. The predicted molar refractivity (Wildman–Crippen MR) is 129 cm³/mol. The largest absolute Gasteiger partial charge is 0.507 e. The van der Waals surface area contributed by atoms with Gasteiger partial charge in [-0.05, 0) is 55.3 Å². The van der Waals surface area contributed by atoms with Crippen LogP contribution in [-0.2, 0) is 9.59 Å². The number of amides is 1. The summed E-state index contributed by atoms with van der Waals surface area (Å²) in [4.78, 5) is 32.0. The Kier molecular flexibility index (Phi) is 6.92. The number of ketones is 1. The third-order valence-electron chi connectivity index (χ3n) is 5.45. The van der Waals surface area contributed by atoms with E-state index < -0.39 is 17.7 Å². The summed E-state index contributed by atoms with van der Waals surface area (Å²) in [6, 6.07) is 16.5. The second-order valence-electron chi connectivity index (χ2n) is 7.76. The second-order valence-corrected chi connectivity index (χ2v) is 7.76. The van der Waals surface area contributed by atoms with Crippen LogP contribution in [0.4, 0.5) is 5.69 Å². The van der Waals surface area contributed by atoms with Crippen molar-refractivity contribution in [2.24, 2.45) is 0 Å². The van der Waals surface area contributed by atoms with E-state index >= 15 is 0 Å². The highest BCUT2D eigenvalue weighted by atomic mass is 16.5. The van der Waals surface area contributed by atoms with Gasteiger partial charge in [-0.3, -0.25) is 19.5 Å². The molecule has 1 unspecified atom stereocenters. The number of nitrogens with zero attached hydrogens (tertiary/aromatic N) is 2. The third-order valence-corrected chi connectivity index (χ3v) is 5.45. The monoisotopic (exact) mass is 458 g/mol. The summed E-state index contributed by atoms with van der Waals surface area (Å²) in [5, 5.41) is 11.3. The van der Waals surface area contributed by atoms with E-state index in [0.29, 0.717) is 41.5 Å². The maximum Gasteiger partial charge on any atom is 0.300 e. The Balaban J connectivity index is 1.86. The van der Waals surface area contributed by atoms with Gasteiger partial charge in [-0.25, -0.2) is 0 Å². The number of carbonyl (C=O) groups is 2. The van der Waals surface area contributed by atoms with Gasteiger partial charge in [0.2, 0.25) is 0 Å². The molecule has 4 rings (SSSR count). The molecular formula is C27H26N2O5. The number of pyridine rings is 1. The van der Waals surface area contributed by atoms with Gasteiger partial charge in [-0.1, -0.05) is 25.1 Å². The molecule has 1 amide bonds. The van der Waals surface area contributed by atoms with Crippen molar-refractivity contribution in [1.29, 1.82) is 0 Å². The molecule has 7 heteroatoms. The Bertz CT molecular complexity index is 1220. The highest BCUT2D eigenvalue weighted by Gasteiger charge is 2.47. The van der Waals surface area contributed by atoms with Crippen molar-refractivity contribution in [3.05, 3.63) is 89.8 Å². The molecule has 0 saturated carbocycles. The first-order chi connectivity index (χ1) is 16.5. The van der Waals surface area contributed by atoms with E-state index in [9.17, 15) is 14.7 Å². The fourth-order valence-corrected chi connectivity index (χ4v) is 3.96. The Labute approximate surface area is 198 Å². The molecule has 2 heterocycles. The van der Waals surface area contributed by atoms with E-state index in [2.05, 4.69) is 4.98 Å². The van der Waals surface area contributed by atoms with Crippen molar-refractivity contribution in [2.75, 3.05) is 18.1 Å². The molecular weight excluding hydrogens is 432 g/mol. The second kappa shape index (κ2) is 10.2. The number of aromatic nitrogens is 1. The summed E-state index contributed by atoms with van der Waals surface area (Å²) in [7, 11) is 0. The fraction of sp³-hybridized carbons (Fsp3) is 0.222. The van der Waals surface area contributed by atoms with Gasteiger partial charge in [-0.15, -0.1) is 0 Å². The zero-order valence-electron chi connectivity index (χ0n) is 19.1. The molecule has 1 saturated heterocycles. The van der Waals surface area contributed by atoms with E-state index in [1.165, 1.54) is 4.90 Å². The van der Waals surface area contributed by atoms with Gasteiger partial charge in [0.15, 0.2) is 0 Å². The minimum atomic E-state index is -0.833. The molecule has 1 aliphatic rings. The van der Waals surface area contributed by atoms with Gasteiger partial charge in [-0.2, -0.15) is 0 Å². The molecule has 7 nitrogen and oxygen atoms in total. The Morgan fingerprint density at radius 1 is 0.971 bits per heavy atom. The van der Waals surface area contributed by atoms with Crippen molar-refractivity contribution in [3.8, 4) is 11.5 Å². The zero-order chi connectivity index (χ0) is 24.1. The van der Waals surface area contributed by atoms with Crippen LogP contribution in [0.2, 0.25) is 0 Å².